The maximum absolute atomic E-state index is 12.5. The van der Waals surface area contributed by atoms with E-state index in [0.29, 0.717) is 22.6 Å². The fourth-order valence-corrected chi connectivity index (χ4v) is 3.98. The molecule has 0 radical (unpaired) electrons. The molecule has 0 aliphatic carbocycles. The van der Waals surface area contributed by atoms with E-state index in [1.54, 1.807) is 12.1 Å². The summed E-state index contributed by atoms with van der Waals surface area (Å²) < 4.78 is 30.4. The van der Waals surface area contributed by atoms with E-state index in [1.165, 1.54) is 18.2 Å². The number of amides is 1. The van der Waals surface area contributed by atoms with Crippen LogP contribution in [-0.4, -0.2) is 36.4 Å². The van der Waals surface area contributed by atoms with E-state index < -0.39 is 27.6 Å². The first-order valence-electron chi connectivity index (χ1n) is 9.31. The lowest BCUT2D eigenvalue weighted by atomic mass is 9.99. The van der Waals surface area contributed by atoms with Gasteiger partial charge >= 0.3 is 5.97 Å². The number of aliphatic carboxylic acids is 1. The van der Waals surface area contributed by atoms with Gasteiger partial charge in [0.1, 0.15) is 11.6 Å². The molecule has 0 unspecified atom stereocenters. The highest BCUT2D eigenvalue weighted by atomic mass is 32.2. The molecule has 8 nitrogen and oxygen atoms in total. The average molecular weight is 440 g/mol. The van der Waals surface area contributed by atoms with Gasteiger partial charge in [0.15, 0.2) is 15.6 Å². The smallest absolute Gasteiger partial charge is 0.303 e. The first-order valence-corrected chi connectivity index (χ1v) is 11.0. The Balaban J connectivity index is 1.82. The highest BCUT2D eigenvalue weighted by molar-refractivity contribution is 7.91. The van der Waals surface area contributed by atoms with E-state index in [4.69, 9.17) is 9.63 Å². The number of hydrogen-bond donors (Lipinski definition) is 2. The van der Waals surface area contributed by atoms with Gasteiger partial charge in [-0.3, -0.25) is 9.59 Å². The predicted octanol–water partition coefficient (Wildman–Crippen LogP) is 3.36. The zero-order valence-corrected chi connectivity index (χ0v) is 17.3. The number of benzene rings is 2. The zero-order valence-electron chi connectivity index (χ0n) is 16.4. The Morgan fingerprint density at radius 3 is 2.32 bits per heavy atom. The monoisotopic (exact) mass is 440 g/mol. The number of nitrogens with one attached hydrogen (secondary N) is 1. The van der Waals surface area contributed by atoms with Crippen molar-refractivity contribution in [2.75, 3.05) is 5.88 Å². The van der Waals surface area contributed by atoms with E-state index in [2.05, 4.69) is 17.1 Å². The Morgan fingerprint density at radius 1 is 1.03 bits per heavy atom. The molecule has 9 heteroatoms. The molecule has 3 rings (SSSR count). The van der Waals surface area contributed by atoms with Crippen LogP contribution in [0.3, 0.4) is 0 Å². The summed E-state index contributed by atoms with van der Waals surface area (Å²) in [6.07, 6.45) is 0.880. The fourth-order valence-electron chi connectivity index (χ4n) is 2.91. The molecule has 0 aliphatic heterocycles. The lowest BCUT2D eigenvalue weighted by Gasteiger charge is -2.08. The second kappa shape index (κ2) is 9.40. The number of carbonyl (C=O) groups is 2. The van der Waals surface area contributed by atoms with Crippen LogP contribution in [0.1, 0.15) is 18.6 Å². The number of carbonyl (C=O) groups excluding carboxylic acids is 1. The molecule has 0 fully saturated rings. The number of carboxylic acid groups (broad SMARTS) is 1. The van der Waals surface area contributed by atoms with Crippen molar-refractivity contribution in [1.29, 1.82) is 0 Å². The van der Waals surface area contributed by atoms with Crippen LogP contribution in [0.2, 0.25) is 0 Å². The normalized spacial score (nSPS) is 11.1. The SMILES string of the molecule is C=Cc1onc(-c2ccccc2)c1-c1ccc(S(=O)(=O)CNC(=O)CCC(=O)O)cc1. The predicted molar refractivity (Wildman–Crippen MR) is 115 cm³/mol. The van der Waals surface area contributed by atoms with Crippen molar-refractivity contribution in [2.24, 2.45) is 0 Å². The highest BCUT2D eigenvalue weighted by Crippen LogP contribution is 2.35. The number of sulfone groups is 1. The van der Waals surface area contributed by atoms with E-state index in [9.17, 15) is 18.0 Å². The molecule has 2 aromatic carbocycles. The minimum absolute atomic E-state index is 0.0210. The molecule has 0 bridgehead atoms. The van der Waals surface area contributed by atoms with E-state index in [1.807, 2.05) is 30.3 Å². The topological polar surface area (TPSA) is 127 Å². The summed E-state index contributed by atoms with van der Waals surface area (Å²) in [5.41, 5.74) is 2.83. The molecule has 1 aromatic heterocycles. The van der Waals surface area contributed by atoms with Crippen molar-refractivity contribution in [2.45, 2.75) is 17.7 Å². The lowest BCUT2D eigenvalue weighted by molar-refractivity contribution is -0.138. The summed E-state index contributed by atoms with van der Waals surface area (Å²) in [6.45, 7) is 3.74. The van der Waals surface area contributed by atoms with E-state index >= 15 is 0 Å². The molecule has 2 N–H and O–H groups in total. The molecular weight excluding hydrogens is 420 g/mol. The largest absolute Gasteiger partial charge is 0.481 e. The molecule has 0 atom stereocenters. The van der Waals surface area contributed by atoms with E-state index in [0.717, 1.165) is 5.56 Å². The van der Waals surface area contributed by atoms with Crippen LogP contribution in [0, 0.1) is 0 Å². The Hall–Kier alpha value is -3.72. The van der Waals surface area contributed by atoms with Gasteiger partial charge < -0.3 is 14.9 Å². The molecule has 1 heterocycles. The summed E-state index contributed by atoms with van der Waals surface area (Å²) >= 11 is 0. The van der Waals surface area contributed by atoms with Crippen molar-refractivity contribution < 1.29 is 27.6 Å². The van der Waals surface area contributed by atoms with Gasteiger partial charge in [-0.15, -0.1) is 0 Å². The summed E-state index contributed by atoms with van der Waals surface area (Å²) in [6, 6.07) is 15.5. The Morgan fingerprint density at radius 2 is 1.71 bits per heavy atom. The number of aromatic nitrogens is 1. The van der Waals surface area contributed by atoms with Crippen LogP contribution in [0.25, 0.3) is 28.5 Å². The fraction of sp³-hybridized carbons (Fsp3) is 0.136. The van der Waals surface area contributed by atoms with Crippen LogP contribution in [0.15, 0.2) is 70.6 Å². The molecule has 31 heavy (non-hydrogen) atoms. The van der Waals surface area contributed by atoms with E-state index in [-0.39, 0.29) is 17.7 Å². The van der Waals surface area contributed by atoms with Crippen LogP contribution < -0.4 is 5.32 Å². The van der Waals surface area contributed by atoms with Crippen LogP contribution in [0.5, 0.6) is 0 Å². The quantitative estimate of drug-likeness (QED) is 0.522. The maximum Gasteiger partial charge on any atom is 0.303 e. The van der Waals surface area contributed by atoms with Gasteiger partial charge in [0.2, 0.25) is 5.91 Å². The summed E-state index contributed by atoms with van der Waals surface area (Å²) in [7, 11) is -3.80. The van der Waals surface area contributed by atoms with Gasteiger partial charge in [0, 0.05) is 12.0 Å². The third kappa shape index (κ3) is 5.26. The second-order valence-electron chi connectivity index (χ2n) is 6.62. The van der Waals surface area contributed by atoms with Crippen molar-refractivity contribution in [3.05, 3.63) is 66.9 Å². The summed E-state index contributed by atoms with van der Waals surface area (Å²) in [4.78, 5) is 22.1. The van der Waals surface area contributed by atoms with Crippen molar-refractivity contribution in [3.63, 3.8) is 0 Å². The van der Waals surface area contributed by atoms with Gasteiger partial charge in [-0.05, 0) is 23.8 Å². The van der Waals surface area contributed by atoms with Crippen molar-refractivity contribution in [3.8, 4) is 22.4 Å². The molecular formula is C22H20N2O6S. The molecule has 0 aliphatic rings. The van der Waals surface area contributed by atoms with Crippen LogP contribution in [-0.2, 0) is 19.4 Å². The van der Waals surface area contributed by atoms with Crippen molar-refractivity contribution >= 4 is 27.8 Å². The Bertz CT molecular complexity index is 1200. The lowest BCUT2D eigenvalue weighted by Crippen LogP contribution is -2.29. The minimum Gasteiger partial charge on any atom is -0.481 e. The number of hydrogen-bond acceptors (Lipinski definition) is 6. The summed E-state index contributed by atoms with van der Waals surface area (Å²) in [5.74, 6) is -1.93. The third-order valence-corrected chi connectivity index (χ3v) is 5.99. The number of carboxylic acids is 1. The van der Waals surface area contributed by atoms with Crippen molar-refractivity contribution in [1.82, 2.24) is 10.5 Å². The molecule has 160 valence electrons. The van der Waals surface area contributed by atoms with Gasteiger partial charge in [0.25, 0.3) is 0 Å². The first-order chi connectivity index (χ1) is 14.8. The molecule has 1 amide bonds. The zero-order chi connectivity index (χ0) is 22.4. The molecule has 0 saturated carbocycles. The number of nitrogens with zero attached hydrogens (tertiary/aromatic N) is 1. The number of rotatable bonds is 9. The molecule has 3 aromatic rings. The first kappa shape index (κ1) is 22.0. The maximum atomic E-state index is 12.5. The molecule has 0 spiro atoms. The average Bonchev–Trinajstić information content (AvgIpc) is 3.21. The Labute approximate surface area is 179 Å². The standard InChI is InChI=1S/C22H20N2O6S/c1-2-18-21(22(24-30-18)16-6-4-3-5-7-16)15-8-10-17(11-9-15)31(28,29)14-23-19(25)12-13-20(26)27/h2-11H,1,12-14H2,(H,23,25)(H,26,27). The summed E-state index contributed by atoms with van der Waals surface area (Å²) in [5, 5.41) is 15.0. The molecule has 0 saturated heterocycles. The second-order valence-corrected chi connectivity index (χ2v) is 8.61. The third-order valence-electron chi connectivity index (χ3n) is 4.48. The van der Waals surface area contributed by atoms with Gasteiger partial charge in [-0.1, -0.05) is 54.2 Å². The van der Waals surface area contributed by atoms with Crippen LogP contribution in [0.4, 0.5) is 0 Å². The highest BCUT2D eigenvalue weighted by Gasteiger charge is 2.20. The van der Waals surface area contributed by atoms with Gasteiger partial charge in [0.05, 0.1) is 16.9 Å². The van der Waals surface area contributed by atoms with Gasteiger partial charge in [-0.2, -0.15) is 0 Å². The Kier molecular flexibility index (Phi) is 6.66. The van der Waals surface area contributed by atoms with Gasteiger partial charge in [-0.25, -0.2) is 8.42 Å². The minimum atomic E-state index is -3.80. The van der Waals surface area contributed by atoms with Crippen LogP contribution >= 0.6 is 0 Å².